The van der Waals surface area contributed by atoms with E-state index in [1.54, 1.807) is 0 Å². The van der Waals surface area contributed by atoms with Crippen LogP contribution in [0.15, 0.2) is 30.3 Å². The van der Waals surface area contributed by atoms with Gasteiger partial charge in [-0.3, -0.25) is 4.90 Å². The Morgan fingerprint density at radius 3 is 2.63 bits per heavy atom. The SMILES string of the molecule is CNC1CCCN(C(CC(C)C)c2ccccc2)C1. The first-order valence-electron chi connectivity index (χ1n) is 7.67. The Kier molecular flexibility index (Phi) is 5.41. The first-order chi connectivity index (χ1) is 9.20. The van der Waals surface area contributed by atoms with E-state index in [1.165, 1.54) is 37.9 Å². The van der Waals surface area contributed by atoms with Gasteiger partial charge >= 0.3 is 0 Å². The Hall–Kier alpha value is -0.860. The molecule has 1 aliphatic rings. The van der Waals surface area contributed by atoms with Crippen molar-refractivity contribution < 1.29 is 0 Å². The van der Waals surface area contributed by atoms with Crippen LogP contribution in [0.4, 0.5) is 0 Å². The van der Waals surface area contributed by atoms with Gasteiger partial charge in [0.25, 0.3) is 0 Å². The molecule has 1 fully saturated rings. The van der Waals surface area contributed by atoms with E-state index in [2.05, 4.69) is 61.4 Å². The second kappa shape index (κ2) is 7.06. The van der Waals surface area contributed by atoms with Crippen LogP contribution in [0.3, 0.4) is 0 Å². The summed E-state index contributed by atoms with van der Waals surface area (Å²) in [6.07, 6.45) is 3.88. The molecule has 1 aromatic carbocycles. The highest BCUT2D eigenvalue weighted by Gasteiger charge is 2.26. The third-order valence-electron chi connectivity index (χ3n) is 4.18. The van der Waals surface area contributed by atoms with Crippen molar-refractivity contribution in [2.24, 2.45) is 5.92 Å². The van der Waals surface area contributed by atoms with Gasteiger partial charge in [0.2, 0.25) is 0 Å². The maximum Gasteiger partial charge on any atom is 0.0351 e. The summed E-state index contributed by atoms with van der Waals surface area (Å²) in [5, 5.41) is 3.45. The highest BCUT2D eigenvalue weighted by atomic mass is 15.2. The average Bonchev–Trinajstić information content (AvgIpc) is 2.45. The third kappa shape index (κ3) is 4.05. The lowest BCUT2D eigenvalue weighted by Gasteiger charge is -2.39. The van der Waals surface area contributed by atoms with E-state index in [9.17, 15) is 0 Å². The smallest absolute Gasteiger partial charge is 0.0351 e. The van der Waals surface area contributed by atoms with Crippen molar-refractivity contribution in [3.8, 4) is 0 Å². The Morgan fingerprint density at radius 2 is 2.00 bits per heavy atom. The predicted octanol–water partition coefficient (Wildman–Crippen LogP) is 3.46. The molecule has 2 atom stereocenters. The second-order valence-electron chi connectivity index (χ2n) is 6.18. The van der Waals surface area contributed by atoms with E-state index in [0.717, 1.165) is 5.92 Å². The molecular weight excluding hydrogens is 232 g/mol. The number of likely N-dealkylation sites (tertiary alicyclic amines) is 1. The van der Waals surface area contributed by atoms with Gasteiger partial charge in [-0.05, 0) is 44.3 Å². The molecule has 2 heteroatoms. The summed E-state index contributed by atoms with van der Waals surface area (Å²) in [5.41, 5.74) is 1.48. The van der Waals surface area contributed by atoms with Crippen LogP contribution in [-0.2, 0) is 0 Å². The summed E-state index contributed by atoms with van der Waals surface area (Å²) in [6, 6.07) is 12.3. The summed E-state index contributed by atoms with van der Waals surface area (Å²) in [4.78, 5) is 2.68. The molecule has 1 N–H and O–H groups in total. The number of rotatable bonds is 5. The standard InChI is InChI=1S/C17H28N2/c1-14(2)12-17(15-8-5-4-6-9-15)19-11-7-10-16(13-19)18-3/h4-6,8-9,14,16-18H,7,10-13H2,1-3H3. The molecule has 2 rings (SSSR count). The minimum atomic E-state index is 0.581. The molecule has 0 amide bonds. The molecule has 0 aromatic heterocycles. The second-order valence-corrected chi connectivity index (χ2v) is 6.18. The van der Waals surface area contributed by atoms with Gasteiger partial charge in [-0.2, -0.15) is 0 Å². The molecule has 1 heterocycles. The van der Waals surface area contributed by atoms with Crippen molar-refractivity contribution in [1.82, 2.24) is 10.2 Å². The fourth-order valence-corrected chi connectivity index (χ4v) is 3.14. The molecule has 1 aliphatic heterocycles. The van der Waals surface area contributed by atoms with Crippen molar-refractivity contribution in [1.29, 1.82) is 0 Å². The minimum Gasteiger partial charge on any atom is -0.316 e. The number of nitrogens with zero attached hydrogens (tertiary/aromatic N) is 1. The van der Waals surface area contributed by atoms with Crippen molar-refractivity contribution in [2.75, 3.05) is 20.1 Å². The van der Waals surface area contributed by atoms with Crippen LogP contribution in [0.5, 0.6) is 0 Å². The van der Waals surface area contributed by atoms with Crippen LogP contribution < -0.4 is 5.32 Å². The molecule has 106 valence electrons. The van der Waals surface area contributed by atoms with Crippen molar-refractivity contribution >= 4 is 0 Å². The highest BCUT2D eigenvalue weighted by Crippen LogP contribution is 2.30. The number of likely N-dealkylation sites (N-methyl/N-ethyl adjacent to an activating group) is 1. The quantitative estimate of drug-likeness (QED) is 0.872. The Labute approximate surface area is 118 Å². The van der Waals surface area contributed by atoms with Gasteiger partial charge in [0.15, 0.2) is 0 Å². The molecule has 2 unspecified atom stereocenters. The van der Waals surface area contributed by atoms with Gasteiger partial charge < -0.3 is 5.32 Å². The zero-order valence-electron chi connectivity index (χ0n) is 12.6. The average molecular weight is 260 g/mol. The number of hydrogen-bond acceptors (Lipinski definition) is 2. The Balaban J connectivity index is 2.13. The fourth-order valence-electron chi connectivity index (χ4n) is 3.14. The maximum absolute atomic E-state index is 3.45. The van der Waals surface area contributed by atoms with E-state index in [4.69, 9.17) is 0 Å². The molecule has 2 nitrogen and oxygen atoms in total. The fraction of sp³-hybridized carbons (Fsp3) is 0.647. The van der Waals surface area contributed by atoms with Crippen LogP contribution >= 0.6 is 0 Å². The Morgan fingerprint density at radius 1 is 1.26 bits per heavy atom. The zero-order valence-corrected chi connectivity index (χ0v) is 12.6. The van der Waals surface area contributed by atoms with Gasteiger partial charge in [0.05, 0.1) is 0 Å². The van der Waals surface area contributed by atoms with Crippen LogP contribution in [0.25, 0.3) is 0 Å². The molecule has 0 radical (unpaired) electrons. The number of benzene rings is 1. The topological polar surface area (TPSA) is 15.3 Å². The number of piperidine rings is 1. The van der Waals surface area contributed by atoms with E-state index in [-0.39, 0.29) is 0 Å². The van der Waals surface area contributed by atoms with Crippen molar-refractivity contribution in [2.45, 2.75) is 45.2 Å². The lowest BCUT2D eigenvalue weighted by Crippen LogP contribution is -2.46. The highest BCUT2D eigenvalue weighted by molar-refractivity contribution is 5.19. The minimum absolute atomic E-state index is 0.581. The molecule has 0 bridgehead atoms. The number of hydrogen-bond donors (Lipinski definition) is 1. The van der Waals surface area contributed by atoms with E-state index in [0.29, 0.717) is 12.1 Å². The summed E-state index contributed by atoms with van der Waals surface area (Å²) >= 11 is 0. The van der Waals surface area contributed by atoms with E-state index < -0.39 is 0 Å². The molecule has 0 aliphatic carbocycles. The van der Waals surface area contributed by atoms with Crippen LogP contribution in [0.1, 0.15) is 44.7 Å². The Bertz CT molecular complexity index is 361. The summed E-state index contributed by atoms with van der Waals surface area (Å²) in [7, 11) is 2.09. The maximum atomic E-state index is 3.45. The summed E-state index contributed by atoms with van der Waals surface area (Å²) in [5.74, 6) is 0.736. The van der Waals surface area contributed by atoms with Gasteiger partial charge in [-0.1, -0.05) is 44.2 Å². The van der Waals surface area contributed by atoms with Crippen molar-refractivity contribution in [3.63, 3.8) is 0 Å². The lowest BCUT2D eigenvalue weighted by molar-refractivity contribution is 0.124. The molecule has 1 saturated heterocycles. The lowest BCUT2D eigenvalue weighted by atomic mass is 9.93. The predicted molar refractivity (Wildman–Crippen MR) is 82.3 cm³/mol. The van der Waals surface area contributed by atoms with Gasteiger partial charge in [0.1, 0.15) is 0 Å². The molecular formula is C17H28N2. The van der Waals surface area contributed by atoms with E-state index >= 15 is 0 Å². The molecule has 1 aromatic rings. The molecule has 19 heavy (non-hydrogen) atoms. The first kappa shape index (κ1) is 14.5. The first-order valence-corrected chi connectivity index (χ1v) is 7.67. The van der Waals surface area contributed by atoms with Gasteiger partial charge in [0, 0.05) is 18.6 Å². The van der Waals surface area contributed by atoms with Crippen LogP contribution in [0.2, 0.25) is 0 Å². The van der Waals surface area contributed by atoms with Crippen molar-refractivity contribution in [3.05, 3.63) is 35.9 Å². The number of nitrogens with one attached hydrogen (secondary N) is 1. The summed E-state index contributed by atoms with van der Waals surface area (Å²) < 4.78 is 0. The molecule has 0 saturated carbocycles. The molecule has 0 spiro atoms. The zero-order chi connectivity index (χ0) is 13.7. The monoisotopic (exact) mass is 260 g/mol. The van der Waals surface area contributed by atoms with Crippen LogP contribution in [-0.4, -0.2) is 31.1 Å². The third-order valence-corrected chi connectivity index (χ3v) is 4.18. The van der Waals surface area contributed by atoms with Gasteiger partial charge in [-0.25, -0.2) is 0 Å². The normalized spacial score (nSPS) is 22.6. The van der Waals surface area contributed by atoms with E-state index in [1.807, 2.05) is 0 Å². The summed E-state index contributed by atoms with van der Waals surface area (Å²) in [6.45, 7) is 7.08. The van der Waals surface area contributed by atoms with Crippen LogP contribution in [0, 0.1) is 5.92 Å². The largest absolute Gasteiger partial charge is 0.316 e. The van der Waals surface area contributed by atoms with Gasteiger partial charge in [-0.15, -0.1) is 0 Å².